The molecule has 0 bridgehead atoms. The van der Waals surface area contributed by atoms with E-state index in [0.29, 0.717) is 23.1 Å². The number of rotatable bonds is 2. The lowest BCUT2D eigenvalue weighted by atomic mass is 9.94. The van der Waals surface area contributed by atoms with Crippen LogP contribution in [-0.4, -0.2) is 17.9 Å². The van der Waals surface area contributed by atoms with Gasteiger partial charge in [-0.1, -0.05) is 25.1 Å². The lowest BCUT2D eigenvalue weighted by Gasteiger charge is -2.13. The van der Waals surface area contributed by atoms with Gasteiger partial charge in [-0.2, -0.15) is 0 Å². The molecule has 0 saturated carbocycles. The van der Waals surface area contributed by atoms with Gasteiger partial charge in [0.05, 0.1) is 5.52 Å². The van der Waals surface area contributed by atoms with Crippen molar-refractivity contribution in [2.45, 2.75) is 20.3 Å². The summed E-state index contributed by atoms with van der Waals surface area (Å²) in [6.45, 7) is 3.74. The fraction of sp³-hybridized carbons (Fsp3) is 0.235. The zero-order chi connectivity index (χ0) is 15.1. The van der Waals surface area contributed by atoms with Crippen LogP contribution in [-0.2, 0) is 6.42 Å². The van der Waals surface area contributed by atoms with Crippen LogP contribution in [0.5, 0.6) is 0 Å². The minimum Gasteiger partial charge on any atom is -0.355 e. The number of benzene rings is 2. The highest BCUT2D eigenvalue weighted by molar-refractivity contribution is 6.13. The van der Waals surface area contributed by atoms with Crippen LogP contribution in [0.25, 0.3) is 21.8 Å². The average molecular weight is 284 g/mol. The second-order valence-electron chi connectivity index (χ2n) is 5.15. The smallest absolute Gasteiger partial charge is 0.251 e. The second-order valence-corrected chi connectivity index (χ2v) is 5.15. The molecule has 21 heavy (non-hydrogen) atoms. The Kier molecular flexibility index (Phi) is 3.16. The van der Waals surface area contributed by atoms with E-state index in [1.807, 2.05) is 38.1 Å². The normalized spacial score (nSPS) is 11.2. The van der Waals surface area contributed by atoms with Gasteiger partial charge in [0.2, 0.25) is 0 Å². The van der Waals surface area contributed by atoms with Crippen molar-refractivity contribution < 1.29 is 9.18 Å². The molecular formula is C17H17FN2O. The highest BCUT2D eigenvalue weighted by Crippen LogP contribution is 2.34. The van der Waals surface area contributed by atoms with Crippen LogP contribution < -0.4 is 5.32 Å². The number of hydrogen-bond donors (Lipinski definition) is 2. The van der Waals surface area contributed by atoms with Crippen LogP contribution in [0.2, 0.25) is 0 Å². The molecule has 2 aromatic carbocycles. The van der Waals surface area contributed by atoms with Crippen LogP contribution >= 0.6 is 0 Å². The maximum atomic E-state index is 14.8. The molecule has 4 heteroatoms. The van der Waals surface area contributed by atoms with Gasteiger partial charge in [-0.15, -0.1) is 0 Å². The standard InChI is InChI=1S/C17H17FN2O/c1-4-10-14(17(21)19-3)9(2)13-11-7-5-6-8-12(11)20-16(13)15(10)18/h5-8,20H,4H2,1-3H3,(H,19,21). The number of aromatic nitrogens is 1. The van der Waals surface area contributed by atoms with Crippen molar-refractivity contribution in [3.63, 3.8) is 0 Å². The Morgan fingerprint density at radius 1 is 1.33 bits per heavy atom. The molecule has 0 unspecified atom stereocenters. The van der Waals surface area contributed by atoms with Gasteiger partial charge in [0.1, 0.15) is 0 Å². The number of carbonyl (C=O) groups excluding carboxylic acids is 1. The van der Waals surface area contributed by atoms with Crippen LogP contribution in [0.15, 0.2) is 24.3 Å². The van der Waals surface area contributed by atoms with E-state index in [1.54, 1.807) is 7.05 Å². The van der Waals surface area contributed by atoms with Crippen molar-refractivity contribution >= 4 is 27.7 Å². The Hall–Kier alpha value is -2.36. The van der Waals surface area contributed by atoms with Gasteiger partial charge in [-0.3, -0.25) is 4.79 Å². The van der Waals surface area contributed by atoms with Crippen LogP contribution in [0.1, 0.15) is 28.4 Å². The first-order valence-corrected chi connectivity index (χ1v) is 7.03. The van der Waals surface area contributed by atoms with E-state index in [0.717, 1.165) is 21.9 Å². The molecule has 3 nitrogen and oxygen atoms in total. The molecule has 0 spiro atoms. The van der Waals surface area contributed by atoms with Gasteiger partial charge >= 0.3 is 0 Å². The third-order valence-corrected chi connectivity index (χ3v) is 4.05. The first-order chi connectivity index (χ1) is 10.1. The van der Waals surface area contributed by atoms with Gasteiger partial charge in [0, 0.05) is 34.5 Å². The Morgan fingerprint density at radius 2 is 2.05 bits per heavy atom. The van der Waals surface area contributed by atoms with E-state index >= 15 is 0 Å². The molecule has 1 amide bonds. The van der Waals surface area contributed by atoms with E-state index in [9.17, 15) is 9.18 Å². The topological polar surface area (TPSA) is 44.9 Å². The first-order valence-electron chi connectivity index (χ1n) is 7.03. The van der Waals surface area contributed by atoms with E-state index in [-0.39, 0.29) is 11.7 Å². The summed E-state index contributed by atoms with van der Waals surface area (Å²) < 4.78 is 14.8. The number of carbonyl (C=O) groups is 1. The fourth-order valence-corrected chi connectivity index (χ4v) is 3.07. The summed E-state index contributed by atoms with van der Waals surface area (Å²) in [7, 11) is 1.57. The van der Waals surface area contributed by atoms with Gasteiger partial charge < -0.3 is 10.3 Å². The number of aromatic amines is 1. The lowest BCUT2D eigenvalue weighted by molar-refractivity contribution is 0.0961. The van der Waals surface area contributed by atoms with E-state index < -0.39 is 0 Å². The fourth-order valence-electron chi connectivity index (χ4n) is 3.07. The Bertz CT molecular complexity index is 864. The third kappa shape index (κ3) is 1.82. The molecule has 108 valence electrons. The monoisotopic (exact) mass is 284 g/mol. The van der Waals surface area contributed by atoms with Crippen molar-refractivity contribution in [2.24, 2.45) is 0 Å². The molecule has 1 heterocycles. The highest BCUT2D eigenvalue weighted by atomic mass is 19.1. The Balaban J connectivity index is 2.55. The molecule has 0 aliphatic heterocycles. The van der Waals surface area contributed by atoms with Gasteiger partial charge in [0.25, 0.3) is 5.91 Å². The number of aryl methyl sites for hydroxylation is 1. The molecule has 0 fully saturated rings. The molecule has 3 aromatic rings. The minimum absolute atomic E-state index is 0.240. The highest BCUT2D eigenvalue weighted by Gasteiger charge is 2.23. The second kappa shape index (κ2) is 4.88. The number of hydrogen-bond acceptors (Lipinski definition) is 1. The summed E-state index contributed by atoms with van der Waals surface area (Å²) >= 11 is 0. The zero-order valence-corrected chi connectivity index (χ0v) is 12.3. The third-order valence-electron chi connectivity index (χ3n) is 4.05. The van der Waals surface area contributed by atoms with Crippen molar-refractivity contribution in [3.8, 4) is 0 Å². The Morgan fingerprint density at radius 3 is 2.71 bits per heavy atom. The lowest BCUT2D eigenvalue weighted by Crippen LogP contribution is -2.21. The van der Waals surface area contributed by atoms with E-state index in [4.69, 9.17) is 0 Å². The molecule has 0 atom stereocenters. The van der Waals surface area contributed by atoms with Gasteiger partial charge in [-0.05, 0) is 25.0 Å². The molecule has 3 rings (SSSR count). The van der Waals surface area contributed by atoms with Crippen molar-refractivity contribution in [2.75, 3.05) is 7.05 Å². The summed E-state index contributed by atoms with van der Waals surface area (Å²) in [5.41, 5.74) is 3.10. The molecule has 0 radical (unpaired) electrons. The number of para-hydroxylation sites is 1. The molecule has 0 saturated heterocycles. The van der Waals surface area contributed by atoms with E-state index in [2.05, 4.69) is 10.3 Å². The predicted octanol–water partition coefficient (Wildman–Crippen LogP) is 3.69. The van der Waals surface area contributed by atoms with Crippen molar-refractivity contribution in [1.29, 1.82) is 0 Å². The van der Waals surface area contributed by atoms with Crippen LogP contribution in [0.3, 0.4) is 0 Å². The van der Waals surface area contributed by atoms with Crippen molar-refractivity contribution in [3.05, 3.63) is 46.8 Å². The summed E-state index contributed by atoms with van der Waals surface area (Å²) in [4.78, 5) is 15.3. The average Bonchev–Trinajstić information content (AvgIpc) is 2.89. The first kappa shape index (κ1) is 13.6. The quantitative estimate of drug-likeness (QED) is 0.740. The number of fused-ring (bicyclic) bond motifs is 3. The van der Waals surface area contributed by atoms with Crippen molar-refractivity contribution in [1.82, 2.24) is 10.3 Å². The number of nitrogens with one attached hydrogen (secondary N) is 2. The molecule has 0 aliphatic rings. The van der Waals surface area contributed by atoms with E-state index in [1.165, 1.54) is 0 Å². The summed E-state index contributed by atoms with van der Waals surface area (Å²) in [5, 5.41) is 4.35. The largest absolute Gasteiger partial charge is 0.355 e. The molecule has 0 aliphatic carbocycles. The molecule has 2 N–H and O–H groups in total. The zero-order valence-electron chi connectivity index (χ0n) is 12.3. The molecular weight excluding hydrogens is 267 g/mol. The predicted molar refractivity (Wildman–Crippen MR) is 83.3 cm³/mol. The maximum absolute atomic E-state index is 14.8. The SMILES string of the molecule is CCc1c(C(=O)NC)c(C)c2c([nH]c3ccccc32)c1F. The van der Waals surface area contributed by atoms with Gasteiger partial charge in [-0.25, -0.2) is 4.39 Å². The minimum atomic E-state index is -0.326. The number of amides is 1. The Labute approximate surface area is 122 Å². The van der Waals surface area contributed by atoms with Crippen LogP contribution in [0, 0.1) is 12.7 Å². The maximum Gasteiger partial charge on any atom is 0.251 e. The molecule has 1 aromatic heterocycles. The number of H-pyrrole nitrogens is 1. The van der Waals surface area contributed by atoms with Gasteiger partial charge in [0.15, 0.2) is 5.82 Å². The number of halogens is 1. The summed E-state index contributed by atoms with van der Waals surface area (Å²) in [6, 6.07) is 7.69. The summed E-state index contributed by atoms with van der Waals surface area (Å²) in [5.74, 6) is -0.566. The van der Waals surface area contributed by atoms with Crippen LogP contribution in [0.4, 0.5) is 4.39 Å². The summed E-state index contributed by atoms with van der Waals surface area (Å²) in [6.07, 6.45) is 0.473.